The van der Waals surface area contributed by atoms with Crippen molar-refractivity contribution >= 4 is 5.91 Å². The number of nitrogens with zero attached hydrogens (tertiary/aromatic N) is 1. The van der Waals surface area contributed by atoms with Crippen LogP contribution in [0.25, 0.3) is 0 Å². The first-order chi connectivity index (χ1) is 8.08. The summed E-state index contributed by atoms with van der Waals surface area (Å²) in [4.78, 5) is 14.2. The molecule has 0 heterocycles. The second-order valence-electron chi connectivity index (χ2n) is 5.10. The highest BCUT2D eigenvalue weighted by Crippen LogP contribution is 2.30. The van der Waals surface area contributed by atoms with E-state index in [0.29, 0.717) is 19.6 Å². The molecule has 0 bridgehead atoms. The zero-order chi connectivity index (χ0) is 12.8. The Bertz CT molecular complexity index is 240. The van der Waals surface area contributed by atoms with Gasteiger partial charge in [0.1, 0.15) is 0 Å². The van der Waals surface area contributed by atoms with Crippen LogP contribution in [-0.2, 0) is 9.53 Å². The molecule has 0 aromatic carbocycles. The summed E-state index contributed by atoms with van der Waals surface area (Å²) < 4.78 is 5.44. The van der Waals surface area contributed by atoms with Gasteiger partial charge in [-0.2, -0.15) is 0 Å². The van der Waals surface area contributed by atoms with Gasteiger partial charge in [-0.25, -0.2) is 0 Å². The molecule has 1 unspecified atom stereocenters. The Balaban J connectivity index is 2.44. The van der Waals surface area contributed by atoms with E-state index in [1.165, 1.54) is 12.8 Å². The number of amides is 1. The van der Waals surface area contributed by atoms with Crippen molar-refractivity contribution in [1.82, 2.24) is 4.90 Å². The first kappa shape index (κ1) is 14.5. The van der Waals surface area contributed by atoms with Crippen LogP contribution in [0.15, 0.2) is 0 Å². The van der Waals surface area contributed by atoms with Crippen molar-refractivity contribution in [2.75, 3.05) is 19.7 Å². The smallest absolute Gasteiger partial charge is 0.225 e. The van der Waals surface area contributed by atoms with Crippen LogP contribution < -0.4 is 5.73 Å². The van der Waals surface area contributed by atoms with Crippen molar-refractivity contribution in [2.24, 2.45) is 11.7 Å². The minimum absolute atomic E-state index is 0.132. The number of nitrogens with two attached hydrogens (primary N) is 1. The van der Waals surface area contributed by atoms with Gasteiger partial charge in [-0.15, -0.1) is 0 Å². The van der Waals surface area contributed by atoms with Gasteiger partial charge in [-0.3, -0.25) is 4.79 Å². The summed E-state index contributed by atoms with van der Waals surface area (Å²) in [5, 5.41) is 0. The Morgan fingerprint density at radius 2 is 2.12 bits per heavy atom. The van der Waals surface area contributed by atoms with Crippen LogP contribution >= 0.6 is 0 Å². The number of hydrogen-bond donors (Lipinski definition) is 1. The molecular formula is C13H26N2O2. The molecule has 1 amide bonds. The lowest BCUT2D eigenvalue weighted by molar-refractivity contribution is -0.136. The van der Waals surface area contributed by atoms with E-state index in [1.54, 1.807) is 0 Å². The quantitative estimate of drug-likeness (QED) is 0.699. The van der Waals surface area contributed by atoms with Crippen molar-refractivity contribution in [3.05, 3.63) is 0 Å². The van der Waals surface area contributed by atoms with E-state index in [4.69, 9.17) is 10.5 Å². The SMILES string of the molecule is CCOC(CN)CC(=O)N(CC1CC1)C(C)C. The third-order valence-corrected chi connectivity index (χ3v) is 3.16. The molecule has 0 aliphatic heterocycles. The first-order valence-electron chi connectivity index (χ1n) is 6.69. The lowest BCUT2D eigenvalue weighted by Gasteiger charge is -2.28. The van der Waals surface area contributed by atoms with E-state index in [2.05, 4.69) is 13.8 Å². The van der Waals surface area contributed by atoms with E-state index in [-0.39, 0.29) is 18.1 Å². The van der Waals surface area contributed by atoms with Gasteiger partial charge in [0.2, 0.25) is 5.91 Å². The maximum Gasteiger partial charge on any atom is 0.225 e. The van der Waals surface area contributed by atoms with Crippen molar-refractivity contribution in [3.8, 4) is 0 Å². The Labute approximate surface area is 104 Å². The summed E-state index contributed by atoms with van der Waals surface area (Å²) in [7, 11) is 0. The average molecular weight is 242 g/mol. The second-order valence-corrected chi connectivity index (χ2v) is 5.10. The van der Waals surface area contributed by atoms with Gasteiger partial charge < -0.3 is 15.4 Å². The minimum atomic E-state index is -0.132. The van der Waals surface area contributed by atoms with Crippen molar-refractivity contribution < 1.29 is 9.53 Å². The molecule has 1 aliphatic carbocycles. The van der Waals surface area contributed by atoms with Crippen LogP contribution in [0, 0.1) is 5.92 Å². The molecule has 1 atom stereocenters. The van der Waals surface area contributed by atoms with Gasteiger partial charge in [0.25, 0.3) is 0 Å². The van der Waals surface area contributed by atoms with Crippen LogP contribution in [0.1, 0.15) is 40.0 Å². The molecular weight excluding hydrogens is 216 g/mol. The molecule has 1 rings (SSSR count). The largest absolute Gasteiger partial charge is 0.377 e. The fourth-order valence-electron chi connectivity index (χ4n) is 1.94. The fraction of sp³-hybridized carbons (Fsp3) is 0.923. The Morgan fingerprint density at radius 1 is 1.47 bits per heavy atom. The number of carbonyl (C=O) groups excluding carboxylic acids is 1. The summed E-state index contributed by atoms with van der Waals surface area (Å²) in [5.74, 6) is 0.903. The highest BCUT2D eigenvalue weighted by Gasteiger charge is 2.29. The topological polar surface area (TPSA) is 55.6 Å². The highest BCUT2D eigenvalue weighted by atomic mass is 16.5. The van der Waals surface area contributed by atoms with E-state index in [9.17, 15) is 4.79 Å². The molecule has 0 aromatic rings. The first-order valence-corrected chi connectivity index (χ1v) is 6.69. The number of hydrogen-bond acceptors (Lipinski definition) is 3. The molecule has 0 saturated heterocycles. The molecule has 1 fully saturated rings. The van der Waals surface area contributed by atoms with Gasteiger partial charge in [-0.1, -0.05) is 0 Å². The molecule has 1 saturated carbocycles. The highest BCUT2D eigenvalue weighted by molar-refractivity contribution is 5.77. The minimum Gasteiger partial charge on any atom is -0.377 e. The van der Waals surface area contributed by atoms with Crippen molar-refractivity contribution in [2.45, 2.75) is 52.2 Å². The third-order valence-electron chi connectivity index (χ3n) is 3.16. The molecule has 0 spiro atoms. The van der Waals surface area contributed by atoms with Gasteiger partial charge in [0.15, 0.2) is 0 Å². The van der Waals surface area contributed by atoms with Gasteiger partial charge in [-0.05, 0) is 39.5 Å². The molecule has 1 aliphatic rings. The van der Waals surface area contributed by atoms with Crippen LogP contribution in [0.4, 0.5) is 0 Å². The van der Waals surface area contributed by atoms with E-state index < -0.39 is 0 Å². The van der Waals surface area contributed by atoms with Crippen LogP contribution in [0.2, 0.25) is 0 Å². The van der Waals surface area contributed by atoms with E-state index in [1.807, 2.05) is 11.8 Å². The van der Waals surface area contributed by atoms with Crippen molar-refractivity contribution in [1.29, 1.82) is 0 Å². The van der Waals surface area contributed by atoms with Crippen molar-refractivity contribution in [3.63, 3.8) is 0 Å². The second kappa shape index (κ2) is 6.97. The standard InChI is InChI=1S/C13H26N2O2/c1-4-17-12(8-14)7-13(16)15(10(2)3)9-11-5-6-11/h10-12H,4-9,14H2,1-3H3. The lowest BCUT2D eigenvalue weighted by atomic mass is 10.2. The molecule has 17 heavy (non-hydrogen) atoms. The average Bonchev–Trinajstić information content (AvgIpc) is 3.08. The molecule has 2 N–H and O–H groups in total. The van der Waals surface area contributed by atoms with Crippen LogP contribution in [-0.4, -0.2) is 42.6 Å². The zero-order valence-electron chi connectivity index (χ0n) is 11.3. The number of rotatable bonds is 8. The summed E-state index contributed by atoms with van der Waals surface area (Å²) in [6.07, 6.45) is 2.81. The van der Waals surface area contributed by atoms with Gasteiger partial charge in [0.05, 0.1) is 12.5 Å². The summed E-state index contributed by atoms with van der Waals surface area (Å²) in [6, 6.07) is 0.267. The monoisotopic (exact) mass is 242 g/mol. The molecule has 100 valence electrons. The Morgan fingerprint density at radius 3 is 2.53 bits per heavy atom. The predicted molar refractivity (Wildman–Crippen MR) is 68.7 cm³/mol. The van der Waals surface area contributed by atoms with E-state index >= 15 is 0 Å². The lowest BCUT2D eigenvalue weighted by Crippen LogP contribution is -2.41. The van der Waals surface area contributed by atoms with Crippen LogP contribution in [0.5, 0.6) is 0 Å². The van der Waals surface area contributed by atoms with Gasteiger partial charge >= 0.3 is 0 Å². The van der Waals surface area contributed by atoms with Gasteiger partial charge in [0, 0.05) is 25.7 Å². The molecule has 0 radical (unpaired) electrons. The number of ether oxygens (including phenoxy) is 1. The Kier molecular flexibility index (Phi) is 5.92. The predicted octanol–water partition coefficient (Wildman–Crippen LogP) is 1.39. The normalized spacial score (nSPS) is 17.2. The van der Waals surface area contributed by atoms with Crippen LogP contribution in [0.3, 0.4) is 0 Å². The summed E-state index contributed by atoms with van der Waals surface area (Å²) >= 11 is 0. The number of carbonyl (C=O) groups is 1. The fourth-order valence-corrected chi connectivity index (χ4v) is 1.94. The summed E-state index contributed by atoms with van der Waals surface area (Å²) in [6.45, 7) is 7.99. The third kappa shape index (κ3) is 5.04. The molecule has 4 nitrogen and oxygen atoms in total. The van der Waals surface area contributed by atoms with E-state index in [0.717, 1.165) is 12.5 Å². The summed E-state index contributed by atoms with van der Waals surface area (Å²) in [5.41, 5.74) is 5.60. The maximum absolute atomic E-state index is 12.2. The maximum atomic E-state index is 12.2. The Hall–Kier alpha value is -0.610. The zero-order valence-corrected chi connectivity index (χ0v) is 11.3. The molecule has 4 heteroatoms. The molecule has 0 aromatic heterocycles.